The number of aromatic nitrogens is 2. The van der Waals surface area contributed by atoms with Crippen LogP contribution in [0, 0.1) is 6.92 Å². The molecular formula is C21H23N3O4S. The van der Waals surface area contributed by atoms with Gasteiger partial charge in [-0.2, -0.15) is 0 Å². The average molecular weight is 413 g/mol. The molecule has 2 aromatic heterocycles. The fourth-order valence-electron chi connectivity index (χ4n) is 2.77. The fraction of sp³-hybridized carbons (Fsp3) is 0.333. The smallest absolute Gasteiger partial charge is 0.348 e. The summed E-state index contributed by atoms with van der Waals surface area (Å²) in [5.74, 6) is -0.174. The SMILES string of the molecule is CCCOC(=O)c1cccc(Nc2ncnc3sc(C(=O)OC(C)C)c(C)c23)c1. The molecule has 0 radical (unpaired) electrons. The zero-order chi connectivity index (χ0) is 21.0. The number of hydrogen-bond acceptors (Lipinski definition) is 8. The maximum Gasteiger partial charge on any atom is 0.348 e. The highest BCUT2D eigenvalue weighted by Crippen LogP contribution is 2.35. The Balaban J connectivity index is 1.92. The molecule has 2 heterocycles. The average Bonchev–Trinajstić information content (AvgIpc) is 3.03. The van der Waals surface area contributed by atoms with Gasteiger partial charge in [0.2, 0.25) is 0 Å². The number of carbonyl (C=O) groups is 2. The van der Waals surface area contributed by atoms with Crippen molar-refractivity contribution in [3.05, 3.63) is 46.6 Å². The van der Waals surface area contributed by atoms with E-state index in [0.29, 0.717) is 33.4 Å². The van der Waals surface area contributed by atoms with E-state index in [2.05, 4.69) is 15.3 Å². The second kappa shape index (κ2) is 9.00. The van der Waals surface area contributed by atoms with Gasteiger partial charge in [-0.1, -0.05) is 13.0 Å². The first kappa shape index (κ1) is 20.7. The summed E-state index contributed by atoms with van der Waals surface area (Å²) < 4.78 is 10.5. The molecular weight excluding hydrogens is 390 g/mol. The molecule has 0 aliphatic heterocycles. The third-order valence-corrected chi connectivity index (χ3v) is 5.23. The highest BCUT2D eigenvalue weighted by molar-refractivity contribution is 7.20. The maximum absolute atomic E-state index is 12.4. The van der Waals surface area contributed by atoms with Crippen LogP contribution >= 0.6 is 11.3 Å². The summed E-state index contributed by atoms with van der Waals surface area (Å²) in [6.07, 6.45) is 2.00. The summed E-state index contributed by atoms with van der Waals surface area (Å²) in [5, 5.41) is 3.98. The number of esters is 2. The van der Waals surface area contributed by atoms with Gasteiger partial charge in [0, 0.05) is 5.69 Å². The van der Waals surface area contributed by atoms with Crippen molar-refractivity contribution in [3.8, 4) is 0 Å². The van der Waals surface area contributed by atoms with Crippen molar-refractivity contribution < 1.29 is 19.1 Å². The van der Waals surface area contributed by atoms with Crippen molar-refractivity contribution in [3.63, 3.8) is 0 Å². The van der Waals surface area contributed by atoms with Gasteiger partial charge >= 0.3 is 11.9 Å². The van der Waals surface area contributed by atoms with E-state index in [1.54, 1.807) is 18.2 Å². The highest BCUT2D eigenvalue weighted by atomic mass is 32.1. The number of benzene rings is 1. The summed E-state index contributed by atoms with van der Waals surface area (Å²) in [4.78, 5) is 34.3. The number of ether oxygens (including phenoxy) is 2. The second-order valence-electron chi connectivity index (χ2n) is 6.75. The van der Waals surface area contributed by atoms with Gasteiger partial charge in [-0.05, 0) is 51.0 Å². The van der Waals surface area contributed by atoms with Crippen molar-refractivity contribution in [2.45, 2.75) is 40.2 Å². The standard InChI is InChI=1S/C21H23N3O4S/c1-5-9-27-20(25)14-7-6-8-15(10-14)24-18-16-13(4)17(21(26)28-12(2)3)29-19(16)23-11-22-18/h6-8,10-12H,5,9H2,1-4H3,(H,22,23,24). The van der Waals surface area contributed by atoms with Crippen LogP contribution in [0.25, 0.3) is 10.2 Å². The number of thiophene rings is 1. The van der Waals surface area contributed by atoms with Gasteiger partial charge in [-0.3, -0.25) is 0 Å². The predicted octanol–water partition coefficient (Wildman–Crippen LogP) is 4.88. The molecule has 3 aromatic rings. The quantitative estimate of drug-likeness (QED) is 0.552. The minimum Gasteiger partial charge on any atom is -0.462 e. The molecule has 29 heavy (non-hydrogen) atoms. The van der Waals surface area contributed by atoms with E-state index in [1.165, 1.54) is 17.7 Å². The number of aryl methyl sites for hydroxylation is 1. The summed E-state index contributed by atoms with van der Waals surface area (Å²) in [7, 11) is 0. The molecule has 8 heteroatoms. The van der Waals surface area contributed by atoms with Crippen molar-refractivity contribution in [1.82, 2.24) is 9.97 Å². The number of nitrogens with one attached hydrogen (secondary N) is 1. The molecule has 0 aliphatic carbocycles. The Labute approximate surface area is 173 Å². The zero-order valence-electron chi connectivity index (χ0n) is 16.8. The molecule has 3 rings (SSSR count). The van der Waals surface area contributed by atoms with E-state index in [9.17, 15) is 9.59 Å². The number of nitrogens with zero attached hydrogens (tertiary/aromatic N) is 2. The first-order chi connectivity index (χ1) is 13.9. The van der Waals surface area contributed by atoms with Crippen LogP contribution in [0.3, 0.4) is 0 Å². The zero-order valence-corrected chi connectivity index (χ0v) is 17.6. The molecule has 0 fully saturated rings. The predicted molar refractivity (Wildman–Crippen MR) is 113 cm³/mol. The van der Waals surface area contributed by atoms with Crippen LogP contribution in [-0.2, 0) is 9.47 Å². The lowest BCUT2D eigenvalue weighted by Gasteiger charge is -2.09. The lowest BCUT2D eigenvalue weighted by atomic mass is 10.1. The Bertz CT molecular complexity index is 1050. The summed E-state index contributed by atoms with van der Waals surface area (Å²) in [6.45, 7) is 7.80. The third-order valence-electron chi connectivity index (χ3n) is 4.05. The molecule has 152 valence electrons. The number of carbonyl (C=O) groups excluding carboxylic acids is 2. The largest absolute Gasteiger partial charge is 0.462 e. The van der Waals surface area contributed by atoms with Gasteiger partial charge in [-0.25, -0.2) is 19.6 Å². The van der Waals surface area contributed by atoms with Crippen LogP contribution in [-0.4, -0.2) is 34.6 Å². The molecule has 0 aliphatic rings. The van der Waals surface area contributed by atoms with E-state index in [1.807, 2.05) is 33.8 Å². The Hall–Kier alpha value is -3.00. The monoisotopic (exact) mass is 413 g/mol. The van der Waals surface area contributed by atoms with Crippen LogP contribution in [0.2, 0.25) is 0 Å². The molecule has 0 spiro atoms. The van der Waals surface area contributed by atoms with Crippen LogP contribution in [0.5, 0.6) is 0 Å². The van der Waals surface area contributed by atoms with Crippen molar-refractivity contribution in [2.75, 3.05) is 11.9 Å². The first-order valence-electron chi connectivity index (χ1n) is 9.40. The van der Waals surface area contributed by atoms with Crippen LogP contribution in [0.15, 0.2) is 30.6 Å². The minimum atomic E-state index is -0.368. The van der Waals surface area contributed by atoms with Gasteiger partial charge in [0.25, 0.3) is 0 Å². The van der Waals surface area contributed by atoms with Gasteiger partial charge in [-0.15, -0.1) is 11.3 Å². The van der Waals surface area contributed by atoms with Crippen molar-refractivity contribution in [1.29, 1.82) is 0 Å². The first-order valence-corrected chi connectivity index (χ1v) is 10.2. The second-order valence-corrected chi connectivity index (χ2v) is 7.75. The number of anilines is 2. The molecule has 0 saturated heterocycles. The Morgan fingerprint density at radius 3 is 2.72 bits per heavy atom. The van der Waals surface area contributed by atoms with Gasteiger partial charge in [0.15, 0.2) is 0 Å². The van der Waals surface area contributed by atoms with Crippen LogP contribution in [0.1, 0.15) is 52.8 Å². The Morgan fingerprint density at radius 2 is 2.00 bits per heavy atom. The van der Waals surface area contributed by atoms with Crippen LogP contribution in [0.4, 0.5) is 11.5 Å². The normalized spacial score (nSPS) is 10.9. The van der Waals surface area contributed by atoms with E-state index >= 15 is 0 Å². The van der Waals surface area contributed by atoms with E-state index < -0.39 is 0 Å². The minimum absolute atomic E-state index is 0.203. The highest BCUT2D eigenvalue weighted by Gasteiger charge is 2.21. The van der Waals surface area contributed by atoms with E-state index in [4.69, 9.17) is 9.47 Å². The number of rotatable bonds is 7. The fourth-order valence-corrected chi connectivity index (χ4v) is 3.80. The van der Waals surface area contributed by atoms with Crippen molar-refractivity contribution >= 4 is 45.0 Å². The molecule has 1 aromatic carbocycles. The number of fused-ring (bicyclic) bond motifs is 1. The van der Waals surface area contributed by atoms with Gasteiger partial charge < -0.3 is 14.8 Å². The lowest BCUT2D eigenvalue weighted by molar-refractivity contribution is 0.0382. The molecule has 0 unspecified atom stereocenters. The maximum atomic E-state index is 12.4. The van der Waals surface area contributed by atoms with E-state index in [-0.39, 0.29) is 18.0 Å². The summed E-state index contributed by atoms with van der Waals surface area (Å²) in [6, 6.07) is 7.02. The van der Waals surface area contributed by atoms with E-state index in [0.717, 1.165) is 17.4 Å². The molecule has 0 bridgehead atoms. The van der Waals surface area contributed by atoms with Crippen molar-refractivity contribution in [2.24, 2.45) is 0 Å². The van der Waals surface area contributed by atoms with Gasteiger partial charge in [0.05, 0.1) is 23.7 Å². The lowest BCUT2D eigenvalue weighted by Crippen LogP contribution is -2.11. The molecule has 0 amide bonds. The third kappa shape index (κ3) is 4.71. The Morgan fingerprint density at radius 1 is 1.21 bits per heavy atom. The number of hydrogen-bond donors (Lipinski definition) is 1. The summed E-state index contributed by atoms with van der Waals surface area (Å²) >= 11 is 1.28. The summed E-state index contributed by atoms with van der Waals surface area (Å²) in [5.41, 5.74) is 1.90. The molecule has 0 saturated carbocycles. The Kier molecular flexibility index (Phi) is 6.43. The molecule has 1 N–H and O–H groups in total. The topological polar surface area (TPSA) is 90.4 Å². The molecule has 0 atom stereocenters. The van der Waals surface area contributed by atoms with Gasteiger partial charge in [0.1, 0.15) is 21.9 Å². The molecule has 7 nitrogen and oxygen atoms in total. The van der Waals surface area contributed by atoms with Crippen LogP contribution < -0.4 is 5.32 Å².